The number of benzene rings is 3. The molecule has 1 atom stereocenters. The van der Waals surface area contributed by atoms with Crippen molar-refractivity contribution in [2.45, 2.75) is 39.8 Å². The first-order valence-corrected chi connectivity index (χ1v) is 12.2. The zero-order chi connectivity index (χ0) is 25.2. The van der Waals surface area contributed by atoms with E-state index in [1.165, 1.54) is 0 Å². The van der Waals surface area contributed by atoms with Crippen LogP contribution in [0.1, 0.15) is 30.5 Å². The summed E-state index contributed by atoms with van der Waals surface area (Å²) in [5.41, 5.74) is 2.80. The average Bonchev–Trinajstić information content (AvgIpc) is 2.85. The first kappa shape index (κ1) is 26.3. The van der Waals surface area contributed by atoms with E-state index in [1.807, 2.05) is 87.5 Å². The maximum absolute atomic E-state index is 13.6. The second-order valence-corrected chi connectivity index (χ2v) is 9.48. The highest BCUT2D eigenvalue weighted by Gasteiger charge is 2.30. The van der Waals surface area contributed by atoms with Crippen molar-refractivity contribution in [1.82, 2.24) is 10.2 Å². The molecule has 0 unspecified atom stereocenters. The van der Waals surface area contributed by atoms with E-state index in [1.54, 1.807) is 17.0 Å². The smallest absolute Gasteiger partial charge is 0.261 e. The number of carbonyl (C=O) groups is 2. The lowest BCUT2D eigenvalue weighted by atomic mass is 10.0. The molecule has 2 amide bonds. The van der Waals surface area contributed by atoms with Crippen molar-refractivity contribution in [2.75, 3.05) is 13.2 Å². The molecule has 0 radical (unpaired) electrons. The minimum Gasteiger partial charge on any atom is -0.484 e. The fraction of sp³-hybridized carbons (Fsp3) is 0.310. The minimum atomic E-state index is -0.695. The van der Waals surface area contributed by atoms with Gasteiger partial charge in [0.25, 0.3) is 5.91 Å². The van der Waals surface area contributed by atoms with E-state index in [2.05, 4.69) is 5.32 Å². The highest BCUT2D eigenvalue weighted by Crippen LogP contribution is 2.19. The van der Waals surface area contributed by atoms with Gasteiger partial charge in [-0.1, -0.05) is 86.1 Å². The van der Waals surface area contributed by atoms with Crippen molar-refractivity contribution >= 4 is 23.4 Å². The van der Waals surface area contributed by atoms with Crippen LogP contribution in [0.5, 0.6) is 5.75 Å². The maximum Gasteiger partial charge on any atom is 0.261 e. The lowest BCUT2D eigenvalue weighted by Crippen LogP contribution is -2.52. The van der Waals surface area contributed by atoms with Crippen LogP contribution < -0.4 is 10.1 Å². The van der Waals surface area contributed by atoms with Crippen LogP contribution in [0.25, 0.3) is 0 Å². The molecule has 0 saturated carbocycles. The fourth-order valence-corrected chi connectivity index (χ4v) is 3.83. The Morgan fingerprint density at radius 3 is 2.23 bits per heavy atom. The van der Waals surface area contributed by atoms with Gasteiger partial charge in [0.1, 0.15) is 11.8 Å². The van der Waals surface area contributed by atoms with E-state index < -0.39 is 6.04 Å². The molecule has 0 fully saturated rings. The molecule has 0 heterocycles. The number of ether oxygens (including phenoxy) is 1. The molecule has 3 rings (SSSR count). The van der Waals surface area contributed by atoms with Gasteiger partial charge in [0.05, 0.1) is 0 Å². The molecule has 35 heavy (non-hydrogen) atoms. The predicted octanol–water partition coefficient (Wildman–Crippen LogP) is 5.44. The highest BCUT2D eigenvalue weighted by atomic mass is 35.5. The van der Waals surface area contributed by atoms with Gasteiger partial charge < -0.3 is 15.0 Å². The van der Waals surface area contributed by atoms with Gasteiger partial charge in [-0.15, -0.1) is 0 Å². The van der Waals surface area contributed by atoms with Crippen LogP contribution in [0.4, 0.5) is 0 Å². The number of hydrogen-bond donors (Lipinski definition) is 1. The Labute approximate surface area is 213 Å². The molecule has 3 aromatic carbocycles. The standard InChI is InChI=1S/C29H33ClN2O3/c1-21(2)18-31-29(34)26(17-23-10-5-4-6-11-23)32(19-24-13-15-25(30)16-14-24)28(33)20-35-27-12-8-7-9-22(27)3/h4-16,21,26H,17-20H2,1-3H3,(H,31,34)/t26-/m0/s1. The zero-order valence-corrected chi connectivity index (χ0v) is 21.3. The van der Waals surface area contributed by atoms with Crippen molar-refractivity contribution in [3.63, 3.8) is 0 Å². The SMILES string of the molecule is Cc1ccccc1OCC(=O)N(Cc1ccc(Cl)cc1)[C@@H](Cc1ccccc1)C(=O)NCC(C)C. The normalized spacial score (nSPS) is 11.7. The topological polar surface area (TPSA) is 58.6 Å². The number of carbonyl (C=O) groups excluding carboxylic acids is 2. The van der Waals surface area contributed by atoms with Crippen molar-refractivity contribution in [3.05, 3.63) is 101 Å². The number of aryl methyl sites for hydroxylation is 1. The van der Waals surface area contributed by atoms with Gasteiger partial charge in [0.2, 0.25) is 5.91 Å². The van der Waals surface area contributed by atoms with Crippen LogP contribution in [0.3, 0.4) is 0 Å². The summed E-state index contributed by atoms with van der Waals surface area (Å²) in [5, 5.41) is 3.64. The Balaban J connectivity index is 1.90. The first-order valence-electron chi connectivity index (χ1n) is 11.9. The van der Waals surface area contributed by atoms with E-state index >= 15 is 0 Å². The molecule has 0 aliphatic rings. The molecule has 0 aliphatic heterocycles. The number of nitrogens with one attached hydrogen (secondary N) is 1. The molecule has 3 aromatic rings. The van der Waals surface area contributed by atoms with Crippen LogP contribution in [-0.4, -0.2) is 35.9 Å². The summed E-state index contributed by atoms with van der Waals surface area (Å²) in [6, 6.07) is 23.9. The number of hydrogen-bond acceptors (Lipinski definition) is 3. The molecule has 5 nitrogen and oxygen atoms in total. The molecule has 1 N–H and O–H groups in total. The summed E-state index contributed by atoms with van der Waals surface area (Å²) in [6.45, 7) is 6.65. The van der Waals surface area contributed by atoms with E-state index in [-0.39, 0.29) is 25.0 Å². The van der Waals surface area contributed by atoms with Gasteiger partial charge in [-0.2, -0.15) is 0 Å². The van der Waals surface area contributed by atoms with E-state index in [0.717, 1.165) is 16.7 Å². The van der Waals surface area contributed by atoms with Gasteiger partial charge in [0, 0.05) is 24.5 Å². The van der Waals surface area contributed by atoms with Crippen molar-refractivity contribution in [3.8, 4) is 5.75 Å². The summed E-state index contributed by atoms with van der Waals surface area (Å²) in [7, 11) is 0. The predicted molar refractivity (Wildman–Crippen MR) is 140 cm³/mol. The molecule has 0 spiro atoms. The zero-order valence-electron chi connectivity index (χ0n) is 20.5. The lowest BCUT2D eigenvalue weighted by Gasteiger charge is -2.31. The summed E-state index contributed by atoms with van der Waals surface area (Å²) >= 11 is 6.07. The van der Waals surface area contributed by atoms with Crippen molar-refractivity contribution in [2.24, 2.45) is 5.92 Å². The second-order valence-electron chi connectivity index (χ2n) is 9.05. The van der Waals surface area contributed by atoms with Gasteiger partial charge in [-0.3, -0.25) is 9.59 Å². The van der Waals surface area contributed by atoms with Crippen LogP contribution >= 0.6 is 11.6 Å². The number of nitrogens with zero attached hydrogens (tertiary/aromatic N) is 1. The van der Waals surface area contributed by atoms with Crippen LogP contribution in [-0.2, 0) is 22.6 Å². The summed E-state index contributed by atoms with van der Waals surface area (Å²) in [4.78, 5) is 28.6. The molecule has 0 saturated heterocycles. The third kappa shape index (κ3) is 8.15. The number of rotatable bonds is 11. The molecular weight excluding hydrogens is 460 g/mol. The molecule has 0 aromatic heterocycles. The third-order valence-electron chi connectivity index (χ3n) is 5.67. The van der Waals surface area contributed by atoms with Crippen molar-refractivity contribution < 1.29 is 14.3 Å². The average molecular weight is 493 g/mol. The Hall–Kier alpha value is -3.31. The van der Waals surface area contributed by atoms with Crippen LogP contribution in [0.15, 0.2) is 78.9 Å². The van der Waals surface area contributed by atoms with Crippen molar-refractivity contribution in [1.29, 1.82) is 0 Å². The highest BCUT2D eigenvalue weighted by molar-refractivity contribution is 6.30. The molecule has 0 bridgehead atoms. The monoisotopic (exact) mass is 492 g/mol. The third-order valence-corrected chi connectivity index (χ3v) is 5.92. The quantitative estimate of drug-likeness (QED) is 0.387. The van der Waals surface area contributed by atoms with E-state index in [9.17, 15) is 9.59 Å². The van der Waals surface area contributed by atoms with E-state index in [4.69, 9.17) is 16.3 Å². The number of halogens is 1. The number of amides is 2. The second kappa shape index (κ2) is 13.0. The lowest BCUT2D eigenvalue weighted by molar-refractivity contribution is -0.142. The Kier molecular flexibility index (Phi) is 9.74. The Bertz CT molecular complexity index is 1100. The minimum absolute atomic E-state index is 0.165. The molecule has 184 valence electrons. The summed E-state index contributed by atoms with van der Waals surface area (Å²) in [6.07, 6.45) is 0.397. The van der Waals surface area contributed by atoms with Crippen LogP contribution in [0.2, 0.25) is 5.02 Å². The largest absolute Gasteiger partial charge is 0.484 e. The fourth-order valence-electron chi connectivity index (χ4n) is 3.70. The Morgan fingerprint density at radius 2 is 1.57 bits per heavy atom. The van der Waals surface area contributed by atoms with E-state index in [0.29, 0.717) is 29.7 Å². The summed E-state index contributed by atoms with van der Waals surface area (Å²) in [5.74, 6) is 0.502. The molecular formula is C29H33ClN2O3. The summed E-state index contributed by atoms with van der Waals surface area (Å²) < 4.78 is 5.87. The Morgan fingerprint density at radius 1 is 0.914 bits per heavy atom. The maximum atomic E-state index is 13.6. The van der Waals surface area contributed by atoms with Gasteiger partial charge >= 0.3 is 0 Å². The van der Waals surface area contributed by atoms with Gasteiger partial charge in [-0.05, 0) is 47.7 Å². The van der Waals surface area contributed by atoms with Crippen LogP contribution in [0, 0.1) is 12.8 Å². The van der Waals surface area contributed by atoms with Gasteiger partial charge in [0.15, 0.2) is 6.61 Å². The van der Waals surface area contributed by atoms with Gasteiger partial charge in [-0.25, -0.2) is 0 Å². The molecule has 6 heteroatoms. The first-order chi connectivity index (χ1) is 16.8. The molecule has 0 aliphatic carbocycles. The number of para-hydroxylation sites is 1.